The van der Waals surface area contributed by atoms with Gasteiger partial charge in [-0.15, -0.1) is 0 Å². The number of ether oxygens (including phenoxy) is 1. The molecule has 20 heavy (non-hydrogen) atoms. The smallest absolute Gasteiger partial charge is 0.201 e. The van der Waals surface area contributed by atoms with E-state index >= 15 is 0 Å². The minimum absolute atomic E-state index is 0.0262. The molecule has 0 amide bonds. The van der Waals surface area contributed by atoms with Crippen LogP contribution in [0.15, 0.2) is 9.98 Å². The standard InChI is InChI=1S/C14H25N5O/c1-6-17-9-15-10-11(17)19-8-14(3,4)16-13(19)18(7-2)12(10)20-5/h9-12H,6-8H2,1-5H3. The fourth-order valence-corrected chi connectivity index (χ4v) is 3.54. The number of methoxy groups -OCH3 is 1. The second kappa shape index (κ2) is 4.62. The van der Waals surface area contributed by atoms with Gasteiger partial charge in [-0.25, -0.2) is 4.99 Å². The van der Waals surface area contributed by atoms with Crippen LogP contribution in [0.3, 0.4) is 0 Å². The van der Waals surface area contributed by atoms with Gasteiger partial charge in [-0.1, -0.05) is 0 Å². The van der Waals surface area contributed by atoms with E-state index in [2.05, 4.69) is 42.4 Å². The third-order valence-electron chi connectivity index (χ3n) is 4.37. The molecular weight excluding hydrogens is 254 g/mol. The van der Waals surface area contributed by atoms with Gasteiger partial charge in [-0.3, -0.25) is 4.99 Å². The predicted molar refractivity (Wildman–Crippen MR) is 79.8 cm³/mol. The molecule has 0 N–H and O–H groups in total. The molecule has 0 radical (unpaired) electrons. The molecule has 0 aromatic rings. The third-order valence-corrected chi connectivity index (χ3v) is 4.37. The fraction of sp³-hybridized carbons (Fsp3) is 0.857. The van der Waals surface area contributed by atoms with Crippen molar-refractivity contribution in [3.63, 3.8) is 0 Å². The van der Waals surface area contributed by atoms with Crippen LogP contribution in [0.1, 0.15) is 27.7 Å². The van der Waals surface area contributed by atoms with Crippen LogP contribution in [0.25, 0.3) is 0 Å². The van der Waals surface area contributed by atoms with E-state index in [0.29, 0.717) is 0 Å². The van der Waals surface area contributed by atoms with E-state index in [9.17, 15) is 0 Å². The Morgan fingerprint density at radius 2 is 2.10 bits per heavy atom. The summed E-state index contributed by atoms with van der Waals surface area (Å²) in [5.74, 6) is 1.06. The lowest BCUT2D eigenvalue weighted by molar-refractivity contribution is -0.0649. The first-order valence-electron chi connectivity index (χ1n) is 7.47. The first-order chi connectivity index (χ1) is 9.52. The summed E-state index contributed by atoms with van der Waals surface area (Å²) in [6.45, 7) is 11.5. The molecule has 3 unspecified atom stereocenters. The second-order valence-electron chi connectivity index (χ2n) is 6.26. The molecule has 3 heterocycles. The zero-order chi connectivity index (χ0) is 14.5. The number of rotatable bonds is 3. The number of hydrogen-bond acceptors (Lipinski definition) is 6. The zero-order valence-corrected chi connectivity index (χ0v) is 13.1. The lowest BCUT2D eigenvalue weighted by atomic mass is 10.1. The van der Waals surface area contributed by atoms with Crippen molar-refractivity contribution in [2.45, 2.75) is 51.7 Å². The molecule has 0 saturated carbocycles. The van der Waals surface area contributed by atoms with Crippen molar-refractivity contribution in [2.24, 2.45) is 9.98 Å². The molecule has 6 nitrogen and oxygen atoms in total. The Kier molecular flexibility index (Phi) is 3.16. The molecule has 3 aliphatic rings. The molecule has 0 aromatic carbocycles. The summed E-state index contributed by atoms with van der Waals surface area (Å²) in [7, 11) is 1.77. The Hall–Kier alpha value is -1.30. The van der Waals surface area contributed by atoms with Crippen LogP contribution >= 0.6 is 0 Å². The van der Waals surface area contributed by atoms with Crippen molar-refractivity contribution < 1.29 is 4.74 Å². The number of hydrogen-bond donors (Lipinski definition) is 0. The minimum Gasteiger partial charge on any atom is -0.359 e. The number of fused-ring (bicyclic) bond motifs is 3. The van der Waals surface area contributed by atoms with Gasteiger partial charge in [0.2, 0.25) is 5.96 Å². The SMILES string of the molecule is CCN1C=NC2C(OC)N(CC)C3=NC(C)(C)CN3C21. The maximum atomic E-state index is 5.76. The maximum Gasteiger partial charge on any atom is 0.201 e. The Morgan fingerprint density at radius 3 is 2.70 bits per heavy atom. The molecule has 0 aliphatic carbocycles. The van der Waals surface area contributed by atoms with E-state index in [1.54, 1.807) is 7.11 Å². The average molecular weight is 279 g/mol. The van der Waals surface area contributed by atoms with Gasteiger partial charge in [0.1, 0.15) is 12.2 Å². The Morgan fingerprint density at radius 1 is 1.35 bits per heavy atom. The van der Waals surface area contributed by atoms with Gasteiger partial charge < -0.3 is 19.4 Å². The van der Waals surface area contributed by atoms with Crippen molar-refractivity contribution in [3.05, 3.63) is 0 Å². The first-order valence-corrected chi connectivity index (χ1v) is 7.47. The van der Waals surface area contributed by atoms with Crippen LogP contribution in [-0.2, 0) is 4.74 Å². The topological polar surface area (TPSA) is 43.7 Å². The number of nitrogens with zero attached hydrogens (tertiary/aromatic N) is 5. The van der Waals surface area contributed by atoms with Gasteiger partial charge in [-0.2, -0.15) is 0 Å². The van der Waals surface area contributed by atoms with Crippen LogP contribution in [-0.4, -0.2) is 77.7 Å². The van der Waals surface area contributed by atoms with Gasteiger partial charge in [-0.05, 0) is 27.7 Å². The van der Waals surface area contributed by atoms with E-state index in [4.69, 9.17) is 14.7 Å². The van der Waals surface area contributed by atoms with Crippen molar-refractivity contribution in [1.82, 2.24) is 14.7 Å². The highest BCUT2D eigenvalue weighted by atomic mass is 16.5. The lowest BCUT2D eigenvalue weighted by Gasteiger charge is -2.49. The van der Waals surface area contributed by atoms with Gasteiger partial charge in [0.25, 0.3) is 0 Å². The molecule has 0 aromatic heterocycles. The second-order valence-corrected chi connectivity index (χ2v) is 6.26. The number of likely N-dealkylation sites (N-methyl/N-ethyl adjacent to an activating group) is 2. The zero-order valence-electron chi connectivity index (χ0n) is 13.1. The Balaban J connectivity index is 2.01. The highest BCUT2D eigenvalue weighted by molar-refractivity contribution is 5.85. The highest BCUT2D eigenvalue weighted by Crippen LogP contribution is 2.35. The summed E-state index contributed by atoms with van der Waals surface area (Å²) in [6.07, 6.45) is 2.19. The van der Waals surface area contributed by atoms with Crippen molar-refractivity contribution in [1.29, 1.82) is 0 Å². The van der Waals surface area contributed by atoms with Gasteiger partial charge >= 0.3 is 0 Å². The van der Waals surface area contributed by atoms with Gasteiger partial charge in [0, 0.05) is 26.7 Å². The van der Waals surface area contributed by atoms with Crippen molar-refractivity contribution in [2.75, 3.05) is 26.7 Å². The summed E-state index contributed by atoms with van der Waals surface area (Å²) in [4.78, 5) is 16.6. The first kappa shape index (κ1) is 13.7. The maximum absolute atomic E-state index is 5.76. The molecule has 3 rings (SSSR count). The quantitative estimate of drug-likeness (QED) is 0.766. The molecule has 0 spiro atoms. The Labute approximate surface area is 121 Å². The molecule has 3 aliphatic heterocycles. The molecule has 6 heteroatoms. The summed E-state index contributed by atoms with van der Waals surface area (Å²) in [5.41, 5.74) is -0.0437. The third kappa shape index (κ3) is 1.81. The molecule has 1 fully saturated rings. The Bertz CT molecular complexity index is 447. The average Bonchev–Trinajstić information content (AvgIpc) is 2.96. The number of aliphatic imine (C=N–C) groups is 2. The summed E-state index contributed by atoms with van der Waals surface area (Å²) < 4.78 is 5.76. The number of guanidine groups is 1. The highest BCUT2D eigenvalue weighted by Gasteiger charge is 2.53. The van der Waals surface area contributed by atoms with E-state index < -0.39 is 0 Å². The minimum atomic E-state index is -0.0437. The largest absolute Gasteiger partial charge is 0.359 e. The molecular formula is C14H25N5O. The van der Waals surface area contributed by atoms with E-state index in [-0.39, 0.29) is 24.0 Å². The van der Waals surface area contributed by atoms with Crippen molar-refractivity contribution in [3.8, 4) is 0 Å². The van der Waals surface area contributed by atoms with Gasteiger partial charge in [0.05, 0.1) is 11.9 Å². The predicted octanol–water partition coefficient (Wildman–Crippen LogP) is 0.803. The molecule has 1 saturated heterocycles. The van der Waals surface area contributed by atoms with Crippen LogP contribution in [0.2, 0.25) is 0 Å². The van der Waals surface area contributed by atoms with E-state index in [0.717, 1.165) is 25.6 Å². The van der Waals surface area contributed by atoms with Crippen LogP contribution in [0.4, 0.5) is 0 Å². The summed E-state index contributed by atoms with van der Waals surface area (Å²) in [5, 5.41) is 0. The molecule has 112 valence electrons. The summed E-state index contributed by atoms with van der Waals surface area (Å²) in [6, 6.07) is 0.132. The van der Waals surface area contributed by atoms with Gasteiger partial charge in [0.15, 0.2) is 6.23 Å². The van der Waals surface area contributed by atoms with E-state index in [1.807, 2.05) is 6.34 Å². The summed E-state index contributed by atoms with van der Waals surface area (Å²) >= 11 is 0. The van der Waals surface area contributed by atoms with E-state index in [1.165, 1.54) is 0 Å². The molecule has 3 atom stereocenters. The monoisotopic (exact) mass is 279 g/mol. The fourth-order valence-electron chi connectivity index (χ4n) is 3.54. The molecule has 0 bridgehead atoms. The van der Waals surface area contributed by atoms with Crippen LogP contribution in [0.5, 0.6) is 0 Å². The normalized spacial score (nSPS) is 34.4. The van der Waals surface area contributed by atoms with Crippen LogP contribution in [0, 0.1) is 0 Å². The lowest BCUT2D eigenvalue weighted by Crippen LogP contribution is -2.67. The van der Waals surface area contributed by atoms with Crippen molar-refractivity contribution >= 4 is 12.3 Å². The van der Waals surface area contributed by atoms with Crippen LogP contribution < -0.4 is 0 Å².